The number of furan rings is 2. The highest BCUT2D eigenvalue weighted by Gasteiger charge is 2.21. The first-order valence-electron chi connectivity index (χ1n) is 16.7. The summed E-state index contributed by atoms with van der Waals surface area (Å²) in [6, 6.07) is 54.4. The highest BCUT2D eigenvalue weighted by Crippen LogP contribution is 2.43. The summed E-state index contributed by atoms with van der Waals surface area (Å²) in [4.78, 5) is 7.19. The average molecular weight is 643 g/mol. The Bertz CT molecular complexity index is 3110. The number of rotatable bonds is 4. The second kappa shape index (κ2) is 10.3. The van der Waals surface area contributed by atoms with E-state index in [-0.39, 0.29) is 0 Å². The molecular formula is C45H26N2O3. The van der Waals surface area contributed by atoms with E-state index in [1.54, 1.807) is 0 Å². The van der Waals surface area contributed by atoms with E-state index in [4.69, 9.17) is 18.2 Å². The number of anilines is 3. The molecule has 5 nitrogen and oxygen atoms in total. The van der Waals surface area contributed by atoms with Crippen molar-refractivity contribution in [2.45, 2.75) is 0 Å². The third kappa shape index (κ3) is 3.98. The molecular weight excluding hydrogens is 617 g/mol. The molecule has 0 atom stereocenters. The van der Waals surface area contributed by atoms with Crippen LogP contribution in [-0.2, 0) is 0 Å². The van der Waals surface area contributed by atoms with E-state index in [1.165, 1.54) is 0 Å². The van der Waals surface area contributed by atoms with Crippen molar-refractivity contribution >= 4 is 93.6 Å². The van der Waals surface area contributed by atoms with Crippen molar-refractivity contribution in [2.24, 2.45) is 0 Å². The summed E-state index contributed by atoms with van der Waals surface area (Å²) in [5.74, 6) is 0.577. The van der Waals surface area contributed by atoms with Crippen molar-refractivity contribution in [1.29, 1.82) is 0 Å². The van der Waals surface area contributed by atoms with E-state index in [2.05, 4.69) is 126 Å². The summed E-state index contributed by atoms with van der Waals surface area (Å²) >= 11 is 0. The maximum Gasteiger partial charge on any atom is 0.228 e. The van der Waals surface area contributed by atoms with Crippen LogP contribution in [0.15, 0.2) is 171 Å². The maximum absolute atomic E-state index is 6.57. The largest absolute Gasteiger partial charge is 0.456 e. The molecule has 8 aromatic carbocycles. The van der Waals surface area contributed by atoms with Crippen molar-refractivity contribution in [3.8, 4) is 11.5 Å². The quantitative estimate of drug-likeness (QED) is 0.191. The first-order chi connectivity index (χ1) is 24.8. The average Bonchev–Trinajstić information content (AvgIpc) is 3.89. The molecule has 234 valence electrons. The van der Waals surface area contributed by atoms with Gasteiger partial charge in [-0.2, -0.15) is 0 Å². The first-order valence-corrected chi connectivity index (χ1v) is 16.7. The number of hydrogen-bond acceptors (Lipinski definition) is 5. The van der Waals surface area contributed by atoms with Crippen molar-refractivity contribution in [1.82, 2.24) is 4.98 Å². The van der Waals surface area contributed by atoms with E-state index in [9.17, 15) is 0 Å². The molecule has 0 aliphatic rings. The van der Waals surface area contributed by atoms with Gasteiger partial charge in [-0.15, -0.1) is 0 Å². The molecule has 3 aromatic heterocycles. The van der Waals surface area contributed by atoms with Gasteiger partial charge in [-0.3, -0.25) is 0 Å². The standard InChI is InChI=1S/C45H26N2O3/c1-2-11-29(12-3-1)47(30-20-24-39-37(25-30)34-21-17-27-9-4-6-13-32(27)43(34)49-39)31-19-22-35-41(26-31)48-40-16-8-15-36(42(35)40)45-46-38-23-18-28-10-5-7-14-33(28)44(38)50-45/h1-26H. The molecule has 0 N–H and O–H groups in total. The lowest BCUT2D eigenvalue weighted by atomic mass is 10.0. The smallest absolute Gasteiger partial charge is 0.228 e. The fraction of sp³-hybridized carbons (Fsp3) is 0. The summed E-state index contributed by atoms with van der Waals surface area (Å²) in [7, 11) is 0. The Morgan fingerprint density at radius 3 is 1.98 bits per heavy atom. The Kier molecular flexibility index (Phi) is 5.60. The van der Waals surface area contributed by atoms with Gasteiger partial charge in [0.2, 0.25) is 5.89 Å². The number of oxazole rings is 1. The minimum absolute atomic E-state index is 0.577. The number of fused-ring (bicyclic) bond motifs is 11. The molecule has 0 amide bonds. The molecule has 0 fully saturated rings. The predicted octanol–water partition coefficient (Wildman–Crippen LogP) is 13.1. The maximum atomic E-state index is 6.57. The van der Waals surface area contributed by atoms with Crippen LogP contribution in [0.3, 0.4) is 0 Å². The van der Waals surface area contributed by atoms with E-state index >= 15 is 0 Å². The van der Waals surface area contributed by atoms with Crippen LogP contribution in [-0.4, -0.2) is 4.98 Å². The Morgan fingerprint density at radius 1 is 0.400 bits per heavy atom. The molecule has 0 saturated heterocycles. The number of benzene rings is 8. The summed E-state index contributed by atoms with van der Waals surface area (Å²) in [5, 5.41) is 8.61. The van der Waals surface area contributed by atoms with Gasteiger partial charge in [0.05, 0.1) is 0 Å². The van der Waals surface area contributed by atoms with Crippen LogP contribution in [0.4, 0.5) is 17.1 Å². The van der Waals surface area contributed by atoms with Gasteiger partial charge < -0.3 is 18.2 Å². The van der Waals surface area contributed by atoms with Crippen LogP contribution in [0.5, 0.6) is 0 Å². The van der Waals surface area contributed by atoms with Crippen LogP contribution >= 0.6 is 0 Å². The fourth-order valence-electron chi connectivity index (χ4n) is 7.56. The molecule has 0 saturated carbocycles. The van der Waals surface area contributed by atoms with Gasteiger partial charge in [0, 0.05) is 61.0 Å². The Hall–Kier alpha value is -6.85. The number of aromatic nitrogens is 1. The zero-order valence-electron chi connectivity index (χ0n) is 26.6. The third-order valence-corrected chi connectivity index (χ3v) is 9.87. The number of nitrogens with zero attached hydrogens (tertiary/aromatic N) is 2. The first kappa shape index (κ1) is 27.1. The molecule has 0 aliphatic carbocycles. The van der Waals surface area contributed by atoms with E-state index in [0.717, 1.165) is 99.1 Å². The monoisotopic (exact) mass is 642 g/mol. The molecule has 3 heterocycles. The highest BCUT2D eigenvalue weighted by molar-refractivity contribution is 6.16. The van der Waals surface area contributed by atoms with Gasteiger partial charge in [0.1, 0.15) is 27.8 Å². The number of hydrogen-bond donors (Lipinski definition) is 0. The topological polar surface area (TPSA) is 55.6 Å². The van der Waals surface area contributed by atoms with Gasteiger partial charge in [-0.1, -0.05) is 84.9 Å². The van der Waals surface area contributed by atoms with Crippen molar-refractivity contribution < 1.29 is 13.3 Å². The fourth-order valence-corrected chi connectivity index (χ4v) is 7.56. The van der Waals surface area contributed by atoms with Crippen molar-refractivity contribution in [2.75, 3.05) is 4.90 Å². The van der Waals surface area contributed by atoms with E-state index in [1.807, 2.05) is 36.4 Å². The van der Waals surface area contributed by atoms with E-state index in [0.29, 0.717) is 5.89 Å². The SMILES string of the molecule is c1ccc(N(c2ccc3c(c2)oc2cccc(-c4nc5ccc6ccccc6c5o4)c23)c2ccc3oc4c5ccccc5ccc4c3c2)cc1. The second-order valence-electron chi connectivity index (χ2n) is 12.7. The van der Waals surface area contributed by atoms with E-state index < -0.39 is 0 Å². The Labute approximate surface area is 285 Å². The Morgan fingerprint density at radius 2 is 1.12 bits per heavy atom. The normalized spacial score (nSPS) is 12.0. The van der Waals surface area contributed by atoms with Gasteiger partial charge in [0.25, 0.3) is 0 Å². The summed E-state index contributed by atoms with van der Waals surface area (Å²) in [6.45, 7) is 0. The second-order valence-corrected chi connectivity index (χ2v) is 12.7. The zero-order valence-corrected chi connectivity index (χ0v) is 26.6. The lowest BCUT2D eigenvalue weighted by Gasteiger charge is -2.25. The minimum atomic E-state index is 0.577. The molecule has 0 spiro atoms. The third-order valence-electron chi connectivity index (χ3n) is 9.87. The molecule has 5 heteroatoms. The van der Waals surface area contributed by atoms with Crippen LogP contribution in [0, 0.1) is 0 Å². The number of para-hydroxylation sites is 1. The van der Waals surface area contributed by atoms with Gasteiger partial charge in [-0.05, 0) is 77.5 Å². The summed E-state index contributed by atoms with van der Waals surface area (Å²) in [6.07, 6.45) is 0. The molecule has 0 unspecified atom stereocenters. The molecule has 0 radical (unpaired) electrons. The molecule has 11 aromatic rings. The lowest BCUT2D eigenvalue weighted by molar-refractivity contribution is 0.623. The highest BCUT2D eigenvalue weighted by atomic mass is 16.4. The molecule has 50 heavy (non-hydrogen) atoms. The summed E-state index contributed by atoms with van der Waals surface area (Å²) < 4.78 is 19.5. The molecule has 11 rings (SSSR count). The van der Waals surface area contributed by atoms with Crippen molar-refractivity contribution in [3.63, 3.8) is 0 Å². The molecule has 0 bridgehead atoms. The van der Waals surface area contributed by atoms with Crippen molar-refractivity contribution in [3.05, 3.63) is 158 Å². The predicted molar refractivity (Wildman–Crippen MR) is 204 cm³/mol. The van der Waals surface area contributed by atoms with Crippen LogP contribution in [0.25, 0.3) is 88.0 Å². The van der Waals surface area contributed by atoms with Gasteiger partial charge in [0.15, 0.2) is 5.58 Å². The van der Waals surface area contributed by atoms with Crippen LogP contribution in [0.1, 0.15) is 0 Å². The van der Waals surface area contributed by atoms with Crippen LogP contribution in [0.2, 0.25) is 0 Å². The minimum Gasteiger partial charge on any atom is -0.456 e. The summed E-state index contributed by atoms with van der Waals surface area (Å²) in [5.41, 5.74) is 8.91. The zero-order chi connectivity index (χ0) is 32.8. The lowest BCUT2D eigenvalue weighted by Crippen LogP contribution is -2.09. The van der Waals surface area contributed by atoms with Crippen LogP contribution < -0.4 is 4.90 Å². The Balaban J connectivity index is 1.08. The van der Waals surface area contributed by atoms with Gasteiger partial charge >= 0.3 is 0 Å². The molecule has 0 aliphatic heterocycles. The van der Waals surface area contributed by atoms with Gasteiger partial charge in [-0.25, -0.2) is 4.98 Å².